The quantitative estimate of drug-likeness (QED) is 0.817. The molecule has 2 N–H and O–H groups in total. The van der Waals surface area contributed by atoms with E-state index in [1.807, 2.05) is 20.8 Å². The lowest BCUT2D eigenvalue weighted by atomic mass is 9.76. The summed E-state index contributed by atoms with van der Waals surface area (Å²) in [5, 5.41) is 20.2. The van der Waals surface area contributed by atoms with Gasteiger partial charge in [0.25, 0.3) is 0 Å². The van der Waals surface area contributed by atoms with Crippen LogP contribution < -0.4 is 10.2 Å². The molecular weight excluding hydrogens is 267 g/mol. The van der Waals surface area contributed by atoms with Gasteiger partial charge in [-0.1, -0.05) is 12.1 Å². The predicted octanol–water partition coefficient (Wildman–Crippen LogP) is 2.12. The van der Waals surface area contributed by atoms with Crippen molar-refractivity contribution in [2.75, 3.05) is 0 Å². The molecule has 5 heteroatoms. The van der Waals surface area contributed by atoms with Crippen LogP contribution in [0.3, 0.4) is 0 Å². The zero-order valence-corrected chi connectivity index (χ0v) is 14.1. The van der Waals surface area contributed by atoms with Crippen molar-refractivity contribution in [3.63, 3.8) is 0 Å². The molecule has 0 atom stereocenters. The van der Waals surface area contributed by atoms with Crippen LogP contribution in [0.2, 0.25) is 0 Å². The van der Waals surface area contributed by atoms with Crippen molar-refractivity contribution in [3.05, 3.63) is 24.3 Å². The third-order valence-electron chi connectivity index (χ3n) is 3.47. The minimum absolute atomic E-state index is 0.264. The summed E-state index contributed by atoms with van der Waals surface area (Å²) < 4.78 is 11.3. The fraction of sp³-hybridized carbons (Fsp3) is 0.625. The topological polar surface area (TPSA) is 58.9 Å². The number of hydrogen-bond acceptors (Lipinski definition) is 4. The zero-order valence-electron chi connectivity index (χ0n) is 14.1. The van der Waals surface area contributed by atoms with E-state index in [-0.39, 0.29) is 5.60 Å². The van der Waals surface area contributed by atoms with Gasteiger partial charge >= 0.3 is 7.12 Å². The molecule has 0 aliphatic carbocycles. The van der Waals surface area contributed by atoms with Crippen LogP contribution >= 0.6 is 0 Å². The van der Waals surface area contributed by atoms with Crippen LogP contribution in [0.15, 0.2) is 24.3 Å². The van der Waals surface area contributed by atoms with Gasteiger partial charge in [-0.3, -0.25) is 0 Å². The first-order chi connectivity index (χ1) is 9.32. The number of rotatable bonds is 5. The van der Waals surface area contributed by atoms with E-state index in [9.17, 15) is 10.1 Å². The van der Waals surface area contributed by atoms with Crippen LogP contribution in [0.1, 0.15) is 48.5 Å². The largest absolute Gasteiger partial charge is 0.491 e. The van der Waals surface area contributed by atoms with Gasteiger partial charge in [-0.05, 0) is 66.1 Å². The Labute approximate surface area is 128 Å². The second-order valence-electron chi connectivity index (χ2n) is 7.32. The summed E-state index contributed by atoms with van der Waals surface area (Å²) in [7, 11) is -1.10. The molecule has 0 heterocycles. The van der Waals surface area contributed by atoms with Crippen molar-refractivity contribution in [3.8, 4) is 5.75 Å². The Morgan fingerprint density at radius 2 is 1.38 bits per heavy atom. The van der Waals surface area contributed by atoms with Crippen molar-refractivity contribution < 1.29 is 19.5 Å². The van der Waals surface area contributed by atoms with Gasteiger partial charge in [0.05, 0.1) is 11.2 Å². The monoisotopic (exact) mass is 294 g/mol. The minimum atomic E-state index is -1.10. The molecule has 0 aliphatic rings. The number of hydrogen-bond donors (Lipinski definition) is 2. The molecule has 0 saturated heterocycles. The molecule has 0 radical (unpaired) electrons. The first-order valence-corrected chi connectivity index (χ1v) is 7.19. The maximum atomic E-state index is 10.2. The zero-order chi connectivity index (χ0) is 16.5. The fourth-order valence-electron chi connectivity index (χ4n) is 1.55. The number of benzene rings is 1. The Bertz CT molecular complexity index is 455. The molecule has 1 aromatic carbocycles. The van der Waals surface area contributed by atoms with Gasteiger partial charge in [0.2, 0.25) is 0 Å². The molecule has 0 aliphatic heterocycles. The molecule has 1 rings (SSSR count). The third-order valence-corrected chi connectivity index (χ3v) is 3.47. The van der Waals surface area contributed by atoms with E-state index in [1.54, 1.807) is 52.0 Å². The van der Waals surface area contributed by atoms with Crippen molar-refractivity contribution in [1.82, 2.24) is 0 Å². The SMILES string of the molecule is CC(C)(C)Oc1ccc(B(O)OC(C)(C)C(C)(C)O)cc1. The maximum absolute atomic E-state index is 10.2. The highest BCUT2D eigenvalue weighted by Crippen LogP contribution is 2.25. The van der Waals surface area contributed by atoms with Gasteiger partial charge in [0.1, 0.15) is 11.4 Å². The lowest BCUT2D eigenvalue weighted by molar-refractivity contribution is -0.0982. The van der Waals surface area contributed by atoms with E-state index in [0.29, 0.717) is 5.46 Å². The Morgan fingerprint density at radius 3 is 1.76 bits per heavy atom. The normalized spacial score (nSPS) is 13.2. The summed E-state index contributed by atoms with van der Waals surface area (Å²) in [5.74, 6) is 0.736. The highest BCUT2D eigenvalue weighted by molar-refractivity contribution is 6.60. The van der Waals surface area contributed by atoms with Crippen LogP contribution in [-0.4, -0.2) is 34.1 Å². The average molecular weight is 294 g/mol. The van der Waals surface area contributed by atoms with Gasteiger partial charge in [0.15, 0.2) is 0 Å². The van der Waals surface area contributed by atoms with Crippen LogP contribution in [0, 0.1) is 0 Å². The summed E-state index contributed by atoms with van der Waals surface area (Å²) in [6.45, 7) is 12.7. The minimum Gasteiger partial charge on any atom is -0.488 e. The van der Waals surface area contributed by atoms with E-state index in [4.69, 9.17) is 9.39 Å². The molecular formula is C16H27BO4. The molecule has 21 heavy (non-hydrogen) atoms. The second kappa shape index (κ2) is 5.99. The van der Waals surface area contributed by atoms with E-state index in [1.165, 1.54) is 0 Å². The molecule has 0 spiro atoms. The maximum Gasteiger partial charge on any atom is 0.491 e. The molecule has 0 bridgehead atoms. The molecule has 0 aromatic heterocycles. The van der Waals surface area contributed by atoms with Crippen molar-refractivity contribution in [2.45, 2.75) is 65.3 Å². The standard InChI is InChI=1S/C16H27BO4/c1-14(2,3)20-13-10-8-12(9-11-13)17(19)21-16(6,7)15(4,5)18/h8-11,18-19H,1-7H3. The smallest absolute Gasteiger partial charge is 0.488 e. The summed E-state index contributed by atoms with van der Waals surface area (Å²) >= 11 is 0. The molecule has 0 saturated carbocycles. The molecule has 1 aromatic rings. The van der Waals surface area contributed by atoms with E-state index in [0.717, 1.165) is 5.75 Å². The average Bonchev–Trinajstić information content (AvgIpc) is 2.25. The van der Waals surface area contributed by atoms with Crippen molar-refractivity contribution in [2.24, 2.45) is 0 Å². The van der Waals surface area contributed by atoms with E-state index in [2.05, 4.69) is 0 Å². The predicted molar refractivity (Wildman–Crippen MR) is 85.9 cm³/mol. The van der Waals surface area contributed by atoms with E-state index < -0.39 is 18.3 Å². The molecule has 0 amide bonds. The lowest BCUT2D eigenvalue weighted by Crippen LogP contribution is -2.53. The lowest BCUT2D eigenvalue weighted by Gasteiger charge is -2.38. The highest BCUT2D eigenvalue weighted by atomic mass is 16.5. The second-order valence-corrected chi connectivity index (χ2v) is 7.32. The first kappa shape index (κ1) is 18.0. The summed E-state index contributed by atoms with van der Waals surface area (Å²) in [6.07, 6.45) is 0. The van der Waals surface area contributed by atoms with Crippen LogP contribution in [0.25, 0.3) is 0 Å². The van der Waals surface area contributed by atoms with Gasteiger partial charge in [-0.2, -0.15) is 0 Å². The summed E-state index contributed by atoms with van der Waals surface area (Å²) in [4.78, 5) is 0. The Morgan fingerprint density at radius 1 is 0.905 bits per heavy atom. The van der Waals surface area contributed by atoms with Gasteiger partial charge < -0.3 is 19.5 Å². The summed E-state index contributed by atoms with van der Waals surface area (Å²) in [6, 6.07) is 7.10. The molecule has 4 nitrogen and oxygen atoms in total. The Balaban J connectivity index is 2.78. The van der Waals surface area contributed by atoms with Gasteiger partial charge in [-0.15, -0.1) is 0 Å². The third kappa shape index (κ3) is 5.34. The van der Waals surface area contributed by atoms with Crippen molar-refractivity contribution in [1.29, 1.82) is 0 Å². The molecule has 0 unspecified atom stereocenters. The van der Waals surface area contributed by atoms with Crippen molar-refractivity contribution >= 4 is 12.6 Å². The molecule has 118 valence electrons. The van der Waals surface area contributed by atoms with Crippen LogP contribution in [0.5, 0.6) is 5.75 Å². The van der Waals surface area contributed by atoms with Gasteiger partial charge in [-0.25, -0.2) is 0 Å². The van der Waals surface area contributed by atoms with E-state index >= 15 is 0 Å². The highest BCUT2D eigenvalue weighted by Gasteiger charge is 2.39. The molecule has 0 fully saturated rings. The van der Waals surface area contributed by atoms with Crippen LogP contribution in [-0.2, 0) is 4.65 Å². The summed E-state index contributed by atoms with van der Waals surface area (Å²) in [5.41, 5.74) is -1.59. The number of ether oxygens (including phenoxy) is 1. The van der Waals surface area contributed by atoms with Gasteiger partial charge in [0, 0.05) is 0 Å². The van der Waals surface area contributed by atoms with Crippen LogP contribution in [0.4, 0.5) is 0 Å². The Kier molecular flexibility index (Phi) is 5.14. The fourth-order valence-corrected chi connectivity index (χ4v) is 1.55. The Hall–Kier alpha value is -1.04. The first-order valence-electron chi connectivity index (χ1n) is 7.19. The number of aliphatic hydroxyl groups is 1.